The first-order valence-electron chi connectivity index (χ1n) is 5.90. The van der Waals surface area contributed by atoms with Gasteiger partial charge in [0.25, 0.3) is 0 Å². The molecule has 0 aliphatic heterocycles. The zero-order valence-electron chi connectivity index (χ0n) is 11.1. The molecule has 0 spiro atoms. The maximum absolute atomic E-state index is 11.6. The van der Waals surface area contributed by atoms with Crippen molar-refractivity contribution in [3.63, 3.8) is 0 Å². The van der Waals surface area contributed by atoms with E-state index in [1.807, 2.05) is 13.8 Å². The lowest BCUT2D eigenvalue weighted by Gasteiger charge is -2.17. The van der Waals surface area contributed by atoms with Crippen LogP contribution in [0.1, 0.15) is 37.0 Å². The molecule has 0 saturated carbocycles. The highest BCUT2D eigenvalue weighted by Gasteiger charge is 2.15. The van der Waals surface area contributed by atoms with Crippen molar-refractivity contribution in [3.05, 3.63) is 34.9 Å². The van der Waals surface area contributed by atoms with Gasteiger partial charge in [0.1, 0.15) is 0 Å². The molecule has 0 bridgehead atoms. The van der Waals surface area contributed by atoms with Crippen molar-refractivity contribution in [1.82, 2.24) is 5.32 Å². The molecule has 1 aromatic rings. The molecule has 0 atom stereocenters. The number of hydrogen-bond donors (Lipinski definition) is 2. The minimum atomic E-state index is -0.452. The van der Waals surface area contributed by atoms with Gasteiger partial charge in [0.2, 0.25) is 5.91 Å². The fourth-order valence-electron chi connectivity index (χ4n) is 1.71. The van der Waals surface area contributed by atoms with Gasteiger partial charge in [-0.25, -0.2) is 0 Å². The van der Waals surface area contributed by atoms with Gasteiger partial charge < -0.3 is 11.1 Å². The molecule has 3 N–H and O–H groups in total. The summed E-state index contributed by atoms with van der Waals surface area (Å²) in [6.45, 7) is 8.39. The molecule has 0 heterocycles. The van der Waals surface area contributed by atoms with Gasteiger partial charge in [-0.3, -0.25) is 4.79 Å². The van der Waals surface area contributed by atoms with E-state index in [1.165, 1.54) is 11.1 Å². The zero-order chi connectivity index (χ0) is 13.1. The smallest absolute Gasteiger partial charge is 0.222 e. The summed E-state index contributed by atoms with van der Waals surface area (Å²) in [7, 11) is 0. The van der Waals surface area contributed by atoms with Gasteiger partial charge in [-0.05, 0) is 38.8 Å². The number of carbonyl (C=O) groups is 1. The monoisotopic (exact) mass is 234 g/mol. The van der Waals surface area contributed by atoms with Crippen molar-refractivity contribution >= 4 is 5.91 Å². The van der Waals surface area contributed by atoms with E-state index >= 15 is 0 Å². The van der Waals surface area contributed by atoms with Gasteiger partial charge in [0.15, 0.2) is 0 Å². The first kappa shape index (κ1) is 13.7. The Kier molecular flexibility index (Phi) is 4.29. The Morgan fingerprint density at radius 2 is 2.00 bits per heavy atom. The van der Waals surface area contributed by atoms with Crippen molar-refractivity contribution in [1.29, 1.82) is 0 Å². The van der Waals surface area contributed by atoms with Gasteiger partial charge in [-0.2, -0.15) is 0 Å². The van der Waals surface area contributed by atoms with Crippen molar-refractivity contribution in [2.24, 2.45) is 5.73 Å². The number of hydrogen-bond acceptors (Lipinski definition) is 2. The van der Waals surface area contributed by atoms with Crippen LogP contribution in [0.15, 0.2) is 18.2 Å². The molecule has 0 saturated heterocycles. The predicted molar refractivity (Wildman–Crippen MR) is 70.6 cm³/mol. The molecule has 3 heteroatoms. The second kappa shape index (κ2) is 5.32. The third kappa shape index (κ3) is 5.00. The maximum atomic E-state index is 11.6. The van der Waals surface area contributed by atoms with Crippen LogP contribution in [-0.2, 0) is 11.3 Å². The quantitative estimate of drug-likeness (QED) is 0.837. The molecule has 0 fully saturated rings. The highest BCUT2D eigenvalue weighted by molar-refractivity contribution is 5.77. The number of benzene rings is 1. The fourth-order valence-corrected chi connectivity index (χ4v) is 1.71. The summed E-state index contributed by atoms with van der Waals surface area (Å²) in [5.74, 6) is -0.00234. The average molecular weight is 234 g/mol. The molecule has 17 heavy (non-hydrogen) atoms. The largest absolute Gasteiger partial charge is 0.352 e. The normalized spacial score (nSPS) is 11.4. The Labute approximate surface area is 103 Å². The Balaban J connectivity index is 2.53. The molecule has 3 nitrogen and oxygen atoms in total. The van der Waals surface area contributed by atoms with Crippen LogP contribution in [0.2, 0.25) is 0 Å². The van der Waals surface area contributed by atoms with Crippen LogP contribution >= 0.6 is 0 Å². The topological polar surface area (TPSA) is 55.1 Å². The van der Waals surface area contributed by atoms with E-state index in [4.69, 9.17) is 5.73 Å². The van der Waals surface area contributed by atoms with Crippen LogP contribution in [0.4, 0.5) is 0 Å². The first-order chi connectivity index (χ1) is 7.78. The lowest BCUT2D eigenvalue weighted by molar-refractivity contribution is -0.122. The summed E-state index contributed by atoms with van der Waals surface area (Å²) >= 11 is 0. The molecule has 1 aromatic carbocycles. The SMILES string of the molecule is Cc1ccc(CNC(=O)CC(C)(C)N)c(C)c1. The summed E-state index contributed by atoms with van der Waals surface area (Å²) < 4.78 is 0. The number of nitrogens with one attached hydrogen (secondary N) is 1. The number of rotatable bonds is 4. The van der Waals surface area contributed by atoms with E-state index in [1.54, 1.807) is 0 Å². The Hall–Kier alpha value is -1.35. The summed E-state index contributed by atoms with van der Waals surface area (Å²) in [5.41, 5.74) is 8.94. The third-order valence-electron chi connectivity index (χ3n) is 2.59. The van der Waals surface area contributed by atoms with Crippen molar-refractivity contribution in [2.75, 3.05) is 0 Å². The summed E-state index contributed by atoms with van der Waals surface area (Å²) in [6.07, 6.45) is 0.345. The van der Waals surface area contributed by atoms with Crippen LogP contribution in [0.3, 0.4) is 0 Å². The third-order valence-corrected chi connectivity index (χ3v) is 2.59. The molecule has 0 unspecified atom stereocenters. The molecule has 0 radical (unpaired) electrons. The standard InChI is InChI=1S/C14H22N2O/c1-10-5-6-12(11(2)7-10)9-16-13(17)8-14(3,4)15/h5-7H,8-9,15H2,1-4H3,(H,16,17). The molecular weight excluding hydrogens is 212 g/mol. The van der Waals surface area contributed by atoms with E-state index in [-0.39, 0.29) is 5.91 Å². The molecule has 1 amide bonds. The maximum Gasteiger partial charge on any atom is 0.222 e. The van der Waals surface area contributed by atoms with Crippen LogP contribution in [0.25, 0.3) is 0 Å². The van der Waals surface area contributed by atoms with E-state index in [2.05, 4.69) is 37.4 Å². The van der Waals surface area contributed by atoms with E-state index in [0.717, 1.165) is 5.56 Å². The van der Waals surface area contributed by atoms with Crippen LogP contribution < -0.4 is 11.1 Å². The average Bonchev–Trinajstić information content (AvgIpc) is 2.13. The van der Waals surface area contributed by atoms with Crippen molar-refractivity contribution in [3.8, 4) is 0 Å². The molecule has 0 aromatic heterocycles. The molecular formula is C14H22N2O. The van der Waals surface area contributed by atoms with E-state index < -0.39 is 5.54 Å². The number of nitrogens with two attached hydrogens (primary N) is 1. The summed E-state index contributed by atoms with van der Waals surface area (Å²) in [4.78, 5) is 11.6. The molecule has 1 rings (SSSR count). The lowest BCUT2D eigenvalue weighted by atomic mass is 10.0. The lowest BCUT2D eigenvalue weighted by Crippen LogP contribution is -2.38. The first-order valence-corrected chi connectivity index (χ1v) is 5.90. The molecule has 94 valence electrons. The number of aryl methyl sites for hydroxylation is 2. The van der Waals surface area contributed by atoms with Gasteiger partial charge in [-0.1, -0.05) is 23.8 Å². The number of amides is 1. The fraction of sp³-hybridized carbons (Fsp3) is 0.500. The van der Waals surface area contributed by atoms with Gasteiger partial charge in [-0.15, -0.1) is 0 Å². The Morgan fingerprint density at radius 3 is 2.53 bits per heavy atom. The van der Waals surface area contributed by atoms with Crippen molar-refractivity contribution < 1.29 is 4.79 Å². The second-order valence-electron chi connectivity index (χ2n) is 5.37. The van der Waals surface area contributed by atoms with Crippen molar-refractivity contribution in [2.45, 2.75) is 46.2 Å². The minimum absolute atomic E-state index is 0.00234. The highest BCUT2D eigenvalue weighted by atomic mass is 16.1. The summed E-state index contributed by atoms with van der Waals surface area (Å²) in [6, 6.07) is 6.23. The van der Waals surface area contributed by atoms with Crippen LogP contribution in [0.5, 0.6) is 0 Å². The zero-order valence-corrected chi connectivity index (χ0v) is 11.1. The Morgan fingerprint density at radius 1 is 1.35 bits per heavy atom. The van der Waals surface area contributed by atoms with Gasteiger partial charge in [0.05, 0.1) is 0 Å². The highest BCUT2D eigenvalue weighted by Crippen LogP contribution is 2.10. The van der Waals surface area contributed by atoms with E-state index in [0.29, 0.717) is 13.0 Å². The molecule has 0 aliphatic carbocycles. The minimum Gasteiger partial charge on any atom is -0.352 e. The molecule has 0 aliphatic rings. The van der Waals surface area contributed by atoms with Crippen LogP contribution in [-0.4, -0.2) is 11.4 Å². The van der Waals surface area contributed by atoms with Gasteiger partial charge in [0, 0.05) is 18.5 Å². The van der Waals surface area contributed by atoms with Gasteiger partial charge >= 0.3 is 0 Å². The second-order valence-corrected chi connectivity index (χ2v) is 5.37. The predicted octanol–water partition coefficient (Wildman–Crippen LogP) is 2.05. The summed E-state index contributed by atoms with van der Waals surface area (Å²) in [5, 5.41) is 2.90. The Bertz CT molecular complexity index is 405. The van der Waals surface area contributed by atoms with Crippen LogP contribution in [0, 0.1) is 13.8 Å². The van der Waals surface area contributed by atoms with E-state index in [9.17, 15) is 4.79 Å². The number of carbonyl (C=O) groups excluding carboxylic acids is 1.